The van der Waals surface area contributed by atoms with Crippen molar-refractivity contribution in [2.45, 2.75) is 10.9 Å². The van der Waals surface area contributed by atoms with Crippen molar-refractivity contribution in [2.75, 3.05) is 0 Å². The molecule has 0 spiro atoms. The number of aromatic nitrogens is 3. The van der Waals surface area contributed by atoms with E-state index in [1.807, 2.05) is 42.5 Å². The highest BCUT2D eigenvalue weighted by atomic mass is 35.5. The molecule has 0 fully saturated rings. The molecule has 6 heteroatoms. The van der Waals surface area contributed by atoms with E-state index in [9.17, 15) is 0 Å². The van der Waals surface area contributed by atoms with Crippen LogP contribution in [-0.4, -0.2) is 21.1 Å². The molecular weight excluding hydrogens is 316 g/mol. The van der Waals surface area contributed by atoms with Crippen LogP contribution in [0.2, 0.25) is 5.02 Å². The Morgan fingerprint density at radius 3 is 2.82 bits per heavy atom. The van der Waals surface area contributed by atoms with Gasteiger partial charge in [-0.25, -0.2) is 0 Å². The SMILES string of the molecule is Clc1cccc(/C=N/n2cnnc2SCc2ccccc2)c1. The van der Waals surface area contributed by atoms with Gasteiger partial charge in [-0.15, -0.1) is 10.2 Å². The fourth-order valence-electron chi connectivity index (χ4n) is 1.83. The third kappa shape index (κ3) is 3.96. The Bertz CT molecular complexity index is 771. The van der Waals surface area contributed by atoms with E-state index in [0.29, 0.717) is 5.02 Å². The Labute approximate surface area is 137 Å². The number of halogens is 1. The number of thioether (sulfide) groups is 1. The van der Waals surface area contributed by atoms with E-state index in [-0.39, 0.29) is 0 Å². The van der Waals surface area contributed by atoms with Crippen molar-refractivity contribution < 1.29 is 0 Å². The van der Waals surface area contributed by atoms with Crippen LogP contribution in [0.4, 0.5) is 0 Å². The molecule has 3 aromatic rings. The maximum Gasteiger partial charge on any atom is 0.212 e. The minimum absolute atomic E-state index is 0.686. The summed E-state index contributed by atoms with van der Waals surface area (Å²) in [5.41, 5.74) is 2.17. The molecule has 4 nitrogen and oxygen atoms in total. The smallest absolute Gasteiger partial charge is 0.195 e. The number of rotatable bonds is 5. The van der Waals surface area contributed by atoms with Gasteiger partial charge in [0.1, 0.15) is 6.33 Å². The van der Waals surface area contributed by atoms with Crippen LogP contribution in [-0.2, 0) is 5.75 Å². The summed E-state index contributed by atoms with van der Waals surface area (Å²) in [5.74, 6) is 0.826. The quantitative estimate of drug-likeness (QED) is 0.523. The van der Waals surface area contributed by atoms with Crippen LogP contribution in [0.25, 0.3) is 0 Å². The summed E-state index contributed by atoms with van der Waals surface area (Å²) in [4.78, 5) is 0. The zero-order valence-electron chi connectivity index (χ0n) is 11.6. The third-order valence-corrected chi connectivity index (χ3v) is 4.13. The molecule has 0 aliphatic carbocycles. The summed E-state index contributed by atoms with van der Waals surface area (Å²) in [7, 11) is 0. The lowest BCUT2D eigenvalue weighted by atomic mass is 10.2. The summed E-state index contributed by atoms with van der Waals surface area (Å²) in [6.07, 6.45) is 3.33. The Hall–Kier alpha value is -2.11. The van der Waals surface area contributed by atoms with Gasteiger partial charge in [-0.2, -0.15) is 9.78 Å². The van der Waals surface area contributed by atoms with E-state index >= 15 is 0 Å². The molecule has 0 unspecified atom stereocenters. The molecule has 1 heterocycles. The van der Waals surface area contributed by atoms with Crippen LogP contribution in [0.3, 0.4) is 0 Å². The standard InChI is InChI=1S/C16H13ClN4S/c17-15-8-4-7-14(9-15)10-19-21-12-18-20-16(21)22-11-13-5-2-1-3-6-13/h1-10,12H,11H2/b19-10+. The normalized spacial score (nSPS) is 11.1. The first-order chi connectivity index (χ1) is 10.8. The van der Waals surface area contributed by atoms with Crippen molar-refractivity contribution in [3.63, 3.8) is 0 Å². The van der Waals surface area contributed by atoms with Gasteiger partial charge in [0.15, 0.2) is 0 Å². The highest BCUT2D eigenvalue weighted by molar-refractivity contribution is 7.98. The number of benzene rings is 2. The van der Waals surface area contributed by atoms with Crippen molar-refractivity contribution in [1.82, 2.24) is 14.9 Å². The second-order valence-electron chi connectivity index (χ2n) is 4.53. The van der Waals surface area contributed by atoms with E-state index in [0.717, 1.165) is 16.5 Å². The van der Waals surface area contributed by atoms with Crippen LogP contribution in [0, 0.1) is 0 Å². The van der Waals surface area contributed by atoms with Gasteiger partial charge in [-0.1, -0.05) is 65.8 Å². The first kappa shape index (κ1) is 14.8. The monoisotopic (exact) mass is 328 g/mol. The van der Waals surface area contributed by atoms with Crippen LogP contribution in [0.1, 0.15) is 11.1 Å². The minimum atomic E-state index is 0.686. The van der Waals surface area contributed by atoms with Crippen LogP contribution in [0.5, 0.6) is 0 Å². The molecule has 0 bridgehead atoms. The van der Waals surface area contributed by atoms with E-state index in [1.165, 1.54) is 5.56 Å². The van der Waals surface area contributed by atoms with Crippen molar-refractivity contribution in [1.29, 1.82) is 0 Å². The Morgan fingerprint density at radius 2 is 2.00 bits per heavy atom. The van der Waals surface area contributed by atoms with Gasteiger partial charge in [0, 0.05) is 10.8 Å². The number of hydrogen-bond donors (Lipinski definition) is 0. The summed E-state index contributed by atoms with van der Waals surface area (Å²) < 4.78 is 1.66. The Morgan fingerprint density at radius 1 is 1.14 bits per heavy atom. The molecule has 1 aromatic heterocycles. The Kier molecular flexibility index (Phi) is 4.88. The average molecular weight is 329 g/mol. The molecule has 3 rings (SSSR count). The van der Waals surface area contributed by atoms with Crippen molar-refractivity contribution in [3.05, 3.63) is 77.1 Å². The molecule has 0 atom stereocenters. The molecular formula is C16H13ClN4S. The van der Waals surface area contributed by atoms with Gasteiger partial charge < -0.3 is 0 Å². The molecule has 2 aromatic carbocycles. The molecule has 0 N–H and O–H groups in total. The number of nitrogens with zero attached hydrogens (tertiary/aromatic N) is 4. The molecule has 0 radical (unpaired) electrons. The second-order valence-corrected chi connectivity index (χ2v) is 5.91. The molecule has 0 saturated heterocycles. The van der Waals surface area contributed by atoms with Gasteiger partial charge in [0.2, 0.25) is 5.16 Å². The summed E-state index contributed by atoms with van der Waals surface area (Å²) in [5, 5.41) is 13.8. The van der Waals surface area contributed by atoms with Gasteiger partial charge in [0.25, 0.3) is 0 Å². The molecule has 110 valence electrons. The lowest BCUT2D eigenvalue weighted by Gasteiger charge is -2.01. The predicted octanol–water partition coefficient (Wildman–Crippen LogP) is 4.11. The van der Waals surface area contributed by atoms with Crippen molar-refractivity contribution in [3.8, 4) is 0 Å². The summed E-state index contributed by atoms with van der Waals surface area (Å²) >= 11 is 7.55. The fourth-order valence-corrected chi connectivity index (χ4v) is 2.85. The van der Waals surface area contributed by atoms with E-state index < -0.39 is 0 Å². The fraction of sp³-hybridized carbons (Fsp3) is 0.0625. The van der Waals surface area contributed by atoms with Gasteiger partial charge in [0.05, 0.1) is 6.21 Å². The molecule has 0 aliphatic heterocycles. The zero-order valence-corrected chi connectivity index (χ0v) is 13.2. The molecule has 0 saturated carbocycles. The van der Waals surface area contributed by atoms with Crippen molar-refractivity contribution >= 4 is 29.6 Å². The molecule has 22 heavy (non-hydrogen) atoms. The highest BCUT2D eigenvalue weighted by Crippen LogP contribution is 2.20. The number of hydrogen-bond acceptors (Lipinski definition) is 4. The van der Waals surface area contributed by atoms with E-state index in [1.54, 1.807) is 29.0 Å². The molecule has 0 amide bonds. The van der Waals surface area contributed by atoms with Gasteiger partial charge in [-0.05, 0) is 23.3 Å². The average Bonchev–Trinajstić information content (AvgIpc) is 2.99. The zero-order chi connectivity index (χ0) is 15.2. The third-order valence-electron chi connectivity index (χ3n) is 2.89. The van der Waals surface area contributed by atoms with Crippen LogP contribution >= 0.6 is 23.4 Å². The van der Waals surface area contributed by atoms with Gasteiger partial charge >= 0.3 is 0 Å². The largest absolute Gasteiger partial charge is 0.212 e. The highest BCUT2D eigenvalue weighted by Gasteiger charge is 2.04. The van der Waals surface area contributed by atoms with E-state index in [4.69, 9.17) is 11.6 Å². The first-order valence-electron chi connectivity index (χ1n) is 6.68. The maximum absolute atomic E-state index is 5.96. The maximum atomic E-state index is 5.96. The van der Waals surface area contributed by atoms with E-state index in [2.05, 4.69) is 27.4 Å². The minimum Gasteiger partial charge on any atom is -0.195 e. The van der Waals surface area contributed by atoms with Crippen LogP contribution in [0.15, 0.2) is 71.2 Å². The lowest BCUT2D eigenvalue weighted by Crippen LogP contribution is -1.92. The summed E-state index contributed by atoms with van der Waals surface area (Å²) in [6, 6.07) is 17.7. The summed E-state index contributed by atoms with van der Waals surface area (Å²) in [6.45, 7) is 0. The first-order valence-corrected chi connectivity index (χ1v) is 8.04. The predicted molar refractivity (Wildman–Crippen MR) is 90.5 cm³/mol. The van der Waals surface area contributed by atoms with Crippen molar-refractivity contribution in [2.24, 2.45) is 5.10 Å². The Balaban J connectivity index is 1.69. The lowest BCUT2D eigenvalue weighted by molar-refractivity contribution is 0.767. The van der Waals surface area contributed by atoms with Crippen LogP contribution < -0.4 is 0 Å². The van der Waals surface area contributed by atoms with Gasteiger partial charge in [-0.3, -0.25) is 0 Å². The molecule has 0 aliphatic rings. The topological polar surface area (TPSA) is 43.1 Å². The second kappa shape index (κ2) is 7.24.